The maximum Gasteiger partial charge on any atom is 0.236 e. The van der Waals surface area contributed by atoms with Crippen molar-refractivity contribution in [3.05, 3.63) is 42.0 Å². The maximum atomic E-state index is 12.7. The number of likely N-dealkylation sites (tertiary alicyclic amines) is 1. The molecule has 1 aromatic heterocycles. The van der Waals surface area contributed by atoms with Crippen LogP contribution in [0.1, 0.15) is 30.1 Å². The second-order valence-corrected chi connectivity index (χ2v) is 7.63. The van der Waals surface area contributed by atoms with Gasteiger partial charge in [0.1, 0.15) is 12.2 Å². The molecular formula is C20H28N6O. The number of nitrogens with zero attached hydrogens (tertiary/aromatic N) is 5. The van der Waals surface area contributed by atoms with Gasteiger partial charge in [0.15, 0.2) is 0 Å². The minimum Gasteiger partial charge on any atom is -0.369 e. The summed E-state index contributed by atoms with van der Waals surface area (Å²) in [6.07, 6.45) is 3.48. The lowest BCUT2D eigenvalue weighted by molar-refractivity contribution is -0.133. The Hall–Kier alpha value is -2.41. The van der Waals surface area contributed by atoms with Gasteiger partial charge in [-0.1, -0.05) is 12.1 Å². The number of piperidine rings is 1. The van der Waals surface area contributed by atoms with E-state index in [-0.39, 0.29) is 5.91 Å². The Labute approximate surface area is 160 Å². The molecule has 2 fully saturated rings. The predicted octanol–water partition coefficient (Wildman–Crippen LogP) is 1.64. The molecular weight excluding hydrogens is 340 g/mol. The van der Waals surface area contributed by atoms with Gasteiger partial charge in [0, 0.05) is 50.9 Å². The van der Waals surface area contributed by atoms with Crippen molar-refractivity contribution < 1.29 is 4.79 Å². The first-order valence-corrected chi connectivity index (χ1v) is 9.86. The molecule has 0 aliphatic carbocycles. The summed E-state index contributed by atoms with van der Waals surface area (Å²) in [4.78, 5) is 23.7. The molecule has 2 saturated heterocycles. The lowest BCUT2D eigenvalue weighted by Crippen LogP contribution is -2.51. The zero-order valence-electron chi connectivity index (χ0n) is 16.0. The van der Waals surface area contributed by atoms with E-state index in [2.05, 4.69) is 56.2 Å². The van der Waals surface area contributed by atoms with E-state index in [9.17, 15) is 4.79 Å². The van der Waals surface area contributed by atoms with E-state index in [1.807, 2.05) is 4.90 Å². The first-order chi connectivity index (χ1) is 13.2. The summed E-state index contributed by atoms with van der Waals surface area (Å²) in [5, 5.41) is 6.89. The van der Waals surface area contributed by atoms with Crippen molar-refractivity contribution in [1.82, 2.24) is 25.0 Å². The number of piperazine rings is 1. The quantitative estimate of drug-likeness (QED) is 0.889. The third-order valence-corrected chi connectivity index (χ3v) is 5.77. The molecule has 7 heteroatoms. The molecule has 0 bridgehead atoms. The lowest BCUT2D eigenvalue weighted by Gasteiger charge is -2.37. The van der Waals surface area contributed by atoms with Gasteiger partial charge >= 0.3 is 0 Å². The number of amides is 1. The Bertz CT molecular complexity index is 746. The summed E-state index contributed by atoms with van der Waals surface area (Å²) >= 11 is 0. The largest absolute Gasteiger partial charge is 0.369 e. The van der Waals surface area contributed by atoms with Crippen LogP contribution in [0.4, 0.5) is 5.69 Å². The van der Waals surface area contributed by atoms with E-state index in [1.165, 1.54) is 11.3 Å². The summed E-state index contributed by atoms with van der Waals surface area (Å²) < 4.78 is 0. The van der Waals surface area contributed by atoms with Crippen molar-refractivity contribution in [2.24, 2.45) is 0 Å². The Morgan fingerprint density at radius 2 is 1.93 bits per heavy atom. The smallest absolute Gasteiger partial charge is 0.236 e. The number of aryl methyl sites for hydroxylation is 1. The highest BCUT2D eigenvalue weighted by Gasteiger charge is 2.27. The van der Waals surface area contributed by atoms with E-state index < -0.39 is 0 Å². The number of benzene rings is 1. The Kier molecular flexibility index (Phi) is 5.38. The van der Waals surface area contributed by atoms with Crippen LogP contribution in [0, 0.1) is 6.92 Å². The summed E-state index contributed by atoms with van der Waals surface area (Å²) in [6.45, 7) is 8.12. The molecule has 0 saturated carbocycles. The van der Waals surface area contributed by atoms with Crippen molar-refractivity contribution in [3.63, 3.8) is 0 Å². The van der Waals surface area contributed by atoms with Crippen LogP contribution in [0.25, 0.3) is 0 Å². The number of aromatic nitrogens is 3. The average Bonchev–Trinajstić information content (AvgIpc) is 3.23. The van der Waals surface area contributed by atoms with E-state index in [0.29, 0.717) is 12.5 Å². The van der Waals surface area contributed by atoms with Crippen LogP contribution in [0.5, 0.6) is 0 Å². The van der Waals surface area contributed by atoms with Crippen molar-refractivity contribution in [2.45, 2.75) is 25.7 Å². The van der Waals surface area contributed by atoms with Gasteiger partial charge in [-0.25, -0.2) is 4.98 Å². The summed E-state index contributed by atoms with van der Waals surface area (Å²) in [5.74, 6) is 1.61. The van der Waals surface area contributed by atoms with Crippen molar-refractivity contribution in [3.8, 4) is 0 Å². The fourth-order valence-electron chi connectivity index (χ4n) is 4.09. The molecule has 1 aromatic carbocycles. The van der Waals surface area contributed by atoms with Crippen LogP contribution in [0.3, 0.4) is 0 Å². The fraction of sp³-hybridized carbons (Fsp3) is 0.550. The van der Waals surface area contributed by atoms with Gasteiger partial charge in [0.2, 0.25) is 5.91 Å². The highest BCUT2D eigenvalue weighted by molar-refractivity contribution is 5.78. The first kappa shape index (κ1) is 18.0. The number of hydrogen-bond donors (Lipinski definition) is 1. The third kappa shape index (κ3) is 4.30. The number of H-pyrrole nitrogens is 1. The standard InChI is InChI=1S/C20H28N6O/c1-16-3-2-4-18(13-16)25-11-9-24(10-12-25)14-19(27)26-7-5-17(6-8-26)20-21-15-22-23-20/h2-4,13,15,17H,5-12,14H2,1H3,(H,21,22,23). The molecule has 0 spiro atoms. The van der Waals surface area contributed by atoms with Crippen LogP contribution >= 0.6 is 0 Å². The molecule has 27 heavy (non-hydrogen) atoms. The second kappa shape index (κ2) is 8.08. The van der Waals surface area contributed by atoms with Gasteiger partial charge in [-0.05, 0) is 37.5 Å². The highest BCUT2D eigenvalue weighted by Crippen LogP contribution is 2.25. The second-order valence-electron chi connectivity index (χ2n) is 7.63. The predicted molar refractivity (Wildman–Crippen MR) is 105 cm³/mol. The van der Waals surface area contributed by atoms with Gasteiger partial charge in [-0.3, -0.25) is 14.8 Å². The summed E-state index contributed by atoms with van der Waals surface area (Å²) in [7, 11) is 0. The normalized spacial score (nSPS) is 19.4. The SMILES string of the molecule is Cc1cccc(N2CCN(CC(=O)N3CCC(c4ncn[nH]4)CC3)CC2)c1. The molecule has 3 heterocycles. The van der Waals surface area contributed by atoms with Crippen LogP contribution in [-0.2, 0) is 4.79 Å². The highest BCUT2D eigenvalue weighted by atomic mass is 16.2. The van der Waals surface area contributed by atoms with Crippen LogP contribution in [0.15, 0.2) is 30.6 Å². The number of nitrogens with one attached hydrogen (secondary N) is 1. The van der Waals surface area contributed by atoms with Crippen LogP contribution in [0.2, 0.25) is 0 Å². The molecule has 4 rings (SSSR count). The number of rotatable bonds is 4. The number of carbonyl (C=O) groups is 1. The molecule has 1 N–H and O–H groups in total. The average molecular weight is 368 g/mol. The van der Waals surface area contributed by atoms with E-state index >= 15 is 0 Å². The monoisotopic (exact) mass is 368 g/mol. The molecule has 2 aromatic rings. The van der Waals surface area contributed by atoms with Gasteiger partial charge in [-0.15, -0.1) is 0 Å². The van der Waals surface area contributed by atoms with Gasteiger partial charge < -0.3 is 9.80 Å². The zero-order valence-corrected chi connectivity index (χ0v) is 16.0. The molecule has 7 nitrogen and oxygen atoms in total. The summed E-state index contributed by atoms with van der Waals surface area (Å²) in [5.41, 5.74) is 2.58. The maximum absolute atomic E-state index is 12.7. The molecule has 144 valence electrons. The van der Waals surface area contributed by atoms with Crippen LogP contribution < -0.4 is 4.90 Å². The molecule has 0 radical (unpaired) electrons. The number of aromatic amines is 1. The van der Waals surface area contributed by atoms with E-state index in [1.54, 1.807) is 6.33 Å². The Balaban J connectivity index is 1.23. The minimum absolute atomic E-state index is 0.259. The minimum atomic E-state index is 0.259. The third-order valence-electron chi connectivity index (χ3n) is 5.77. The zero-order chi connectivity index (χ0) is 18.6. The number of carbonyl (C=O) groups excluding carboxylic acids is 1. The van der Waals surface area contributed by atoms with Crippen molar-refractivity contribution in [2.75, 3.05) is 50.7 Å². The van der Waals surface area contributed by atoms with Gasteiger partial charge in [0.25, 0.3) is 0 Å². The van der Waals surface area contributed by atoms with Crippen molar-refractivity contribution in [1.29, 1.82) is 0 Å². The van der Waals surface area contributed by atoms with Gasteiger partial charge in [-0.2, -0.15) is 5.10 Å². The van der Waals surface area contributed by atoms with Crippen molar-refractivity contribution >= 4 is 11.6 Å². The number of hydrogen-bond acceptors (Lipinski definition) is 5. The summed E-state index contributed by atoms with van der Waals surface area (Å²) in [6, 6.07) is 8.65. The number of anilines is 1. The molecule has 2 aliphatic rings. The molecule has 0 unspecified atom stereocenters. The topological polar surface area (TPSA) is 68.4 Å². The molecule has 1 amide bonds. The van der Waals surface area contributed by atoms with Crippen LogP contribution in [-0.4, -0.2) is 76.7 Å². The Morgan fingerprint density at radius 1 is 1.15 bits per heavy atom. The molecule has 2 aliphatic heterocycles. The van der Waals surface area contributed by atoms with E-state index in [4.69, 9.17) is 0 Å². The fourth-order valence-corrected chi connectivity index (χ4v) is 4.09. The Morgan fingerprint density at radius 3 is 2.59 bits per heavy atom. The first-order valence-electron chi connectivity index (χ1n) is 9.86. The van der Waals surface area contributed by atoms with E-state index in [0.717, 1.165) is 57.9 Å². The van der Waals surface area contributed by atoms with Gasteiger partial charge in [0.05, 0.1) is 6.54 Å². The molecule has 0 atom stereocenters. The lowest BCUT2D eigenvalue weighted by atomic mass is 9.96.